The van der Waals surface area contributed by atoms with Gasteiger partial charge in [-0.25, -0.2) is 0 Å². The van der Waals surface area contributed by atoms with Crippen LogP contribution in [0, 0.1) is 58.2 Å². The van der Waals surface area contributed by atoms with E-state index in [1.54, 1.807) is 0 Å². The molecule has 0 spiro atoms. The fourth-order valence-electron chi connectivity index (χ4n) is 9.41. The number of carbonyl (C=O) groups is 2. The lowest BCUT2D eigenvalue weighted by atomic mass is 9.44. The predicted octanol–water partition coefficient (Wildman–Crippen LogP) is 6.99. The van der Waals surface area contributed by atoms with E-state index >= 15 is 0 Å². The van der Waals surface area contributed by atoms with Gasteiger partial charge in [-0.1, -0.05) is 34.6 Å². The minimum Gasteiger partial charge on any atom is -0.481 e. The SMILES string of the molecule is CC(C)C(CCC(C)[C@H]1CC[C@H]2[C@@H]3CC[C@@H]4CC(=O)CC[C@]4(C)[C@H]3CC[C@]12C)C(=O)O. The van der Waals surface area contributed by atoms with E-state index in [0.29, 0.717) is 28.4 Å². The van der Waals surface area contributed by atoms with Crippen LogP contribution < -0.4 is 0 Å². The Hall–Kier alpha value is -0.860. The molecule has 3 nitrogen and oxygen atoms in total. The van der Waals surface area contributed by atoms with Crippen LogP contribution in [0.25, 0.3) is 0 Å². The molecule has 0 heterocycles. The van der Waals surface area contributed by atoms with Crippen LogP contribution in [0.15, 0.2) is 0 Å². The van der Waals surface area contributed by atoms with Gasteiger partial charge in [0, 0.05) is 12.8 Å². The summed E-state index contributed by atoms with van der Waals surface area (Å²) in [7, 11) is 0. The van der Waals surface area contributed by atoms with Crippen molar-refractivity contribution in [2.45, 2.75) is 105 Å². The van der Waals surface area contributed by atoms with E-state index in [1.165, 1.54) is 38.5 Å². The van der Waals surface area contributed by atoms with Crippen LogP contribution >= 0.6 is 0 Å². The molecule has 0 radical (unpaired) electrons. The number of aliphatic carboxylic acids is 1. The summed E-state index contributed by atoms with van der Waals surface area (Å²) in [5.74, 6) is 4.43. The highest BCUT2D eigenvalue weighted by Gasteiger charge is 2.60. The average molecular weight is 431 g/mol. The van der Waals surface area contributed by atoms with Crippen molar-refractivity contribution < 1.29 is 14.7 Å². The van der Waals surface area contributed by atoms with Gasteiger partial charge in [0.1, 0.15) is 5.78 Å². The van der Waals surface area contributed by atoms with E-state index in [2.05, 4.69) is 20.8 Å². The fourth-order valence-corrected chi connectivity index (χ4v) is 9.41. The first-order valence-corrected chi connectivity index (χ1v) is 13.3. The maximum Gasteiger partial charge on any atom is 0.306 e. The zero-order valence-corrected chi connectivity index (χ0v) is 20.7. The molecule has 4 saturated carbocycles. The predicted molar refractivity (Wildman–Crippen MR) is 125 cm³/mol. The number of fused-ring (bicyclic) bond motifs is 5. The third-order valence-electron chi connectivity index (χ3n) is 11.3. The highest BCUT2D eigenvalue weighted by Crippen LogP contribution is 2.68. The van der Waals surface area contributed by atoms with E-state index in [4.69, 9.17) is 0 Å². The monoisotopic (exact) mass is 430 g/mol. The third-order valence-corrected chi connectivity index (χ3v) is 11.3. The normalized spacial score (nSPS) is 44.3. The number of carboxylic acids is 1. The molecule has 0 saturated heterocycles. The van der Waals surface area contributed by atoms with Gasteiger partial charge in [-0.3, -0.25) is 9.59 Å². The van der Waals surface area contributed by atoms with Crippen molar-refractivity contribution in [1.82, 2.24) is 0 Å². The molecular formula is C28H46O3. The molecular weight excluding hydrogens is 384 g/mol. The molecule has 0 bridgehead atoms. The minimum atomic E-state index is -0.616. The Bertz CT molecular complexity index is 698. The number of Topliss-reactive ketones (excluding diaryl/α,β-unsaturated/α-hetero) is 1. The summed E-state index contributed by atoms with van der Waals surface area (Å²) in [6.07, 6.45) is 12.7. The molecule has 4 aliphatic carbocycles. The number of ketones is 1. The maximum absolute atomic E-state index is 12.1. The molecule has 3 heteroatoms. The van der Waals surface area contributed by atoms with Gasteiger partial charge in [0.25, 0.3) is 0 Å². The summed E-state index contributed by atoms with van der Waals surface area (Å²) in [5, 5.41) is 9.60. The van der Waals surface area contributed by atoms with Crippen LogP contribution in [0.5, 0.6) is 0 Å². The van der Waals surface area contributed by atoms with E-state index in [-0.39, 0.29) is 11.8 Å². The molecule has 9 atom stereocenters. The Morgan fingerprint density at radius 3 is 2.35 bits per heavy atom. The van der Waals surface area contributed by atoms with Gasteiger partial charge in [-0.05, 0) is 110 Å². The lowest BCUT2D eigenvalue weighted by Gasteiger charge is -2.60. The van der Waals surface area contributed by atoms with Crippen LogP contribution in [0.3, 0.4) is 0 Å². The van der Waals surface area contributed by atoms with Crippen molar-refractivity contribution in [1.29, 1.82) is 0 Å². The Balaban J connectivity index is 1.46. The van der Waals surface area contributed by atoms with Gasteiger partial charge in [-0.2, -0.15) is 0 Å². The summed E-state index contributed by atoms with van der Waals surface area (Å²) >= 11 is 0. The smallest absolute Gasteiger partial charge is 0.306 e. The Labute approximate surface area is 190 Å². The second-order valence-corrected chi connectivity index (χ2v) is 12.9. The van der Waals surface area contributed by atoms with Gasteiger partial charge in [0.2, 0.25) is 0 Å². The molecule has 31 heavy (non-hydrogen) atoms. The first-order valence-electron chi connectivity index (χ1n) is 13.3. The number of rotatable bonds is 6. The third kappa shape index (κ3) is 3.90. The number of carbonyl (C=O) groups excluding carboxylic acids is 1. The van der Waals surface area contributed by atoms with Crippen molar-refractivity contribution in [3.05, 3.63) is 0 Å². The Kier molecular flexibility index (Phi) is 6.38. The summed E-state index contributed by atoms with van der Waals surface area (Å²) in [6.45, 7) is 11.6. The summed E-state index contributed by atoms with van der Waals surface area (Å²) in [5.41, 5.74) is 0.832. The van der Waals surface area contributed by atoms with Crippen molar-refractivity contribution in [3.63, 3.8) is 0 Å². The minimum absolute atomic E-state index is 0.201. The molecule has 0 amide bonds. The lowest BCUT2D eigenvalue weighted by molar-refractivity contribution is -0.144. The second kappa shape index (κ2) is 8.49. The van der Waals surface area contributed by atoms with Crippen molar-refractivity contribution >= 4 is 11.8 Å². The molecule has 2 unspecified atom stereocenters. The molecule has 0 aromatic carbocycles. The topological polar surface area (TPSA) is 54.4 Å². The van der Waals surface area contributed by atoms with Gasteiger partial charge in [0.05, 0.1) is 5.92 Å². The summed E-state index contributed by atoms with van der Waals surface area (Å²) in [6, 6.07) is 0. The highest BCUT2D eigenvalue weighted by molar-refractivity contribution is 5.79. The lowest BCUT2D eigenvalue weighted by Crippen LogP contribution is -2.53. The molecule has 0 aromatic heterocycles. The van der Waals surface area contributed by atoms with Gasteiger partial charge >= 0.3 is 5.97 Å². The molecule has 4 aliphatic rings. The summed E-state index contributed by atoms with van der Waals surface area (Å²) < 4.78 is 0. The molecule has 0 aromatic rings. The molecule has 4 rings (SSSR count). The first kappa shape index (κ1) is 23.3. The van der Waals surface area contributed by atoms with Crippen LogP contribution in [0.4, 0.5) is 0 Å². The van der Waals surface area contributed by atoms with Crippen molar-refractivity contribution in [2.75, 3.05) is 0 Å². The van der Waals surface area contributed by atoms with Crippen molar-refractivity contribution in [3.8, 4) is 0 Å². The number of hydrogen-bond donors (Lipinski definition) is 1. The second-order valence-electron chi connectivity index (χ2n) is 12.9. The zero-order valence-electron chi connectivity index (χ0n) is 20.7. The Morgan fingerprint density at radius 1 is 0.968 bits per heavy atom. The standard InChI is InChI=1S/C28H46O3/c1-17(2)21(26(30)31)8-6-18(3)23-10-11-24-22-9-7-19-16-20(29)12-14-27(19,4)25(22)13-15-28(23,24)5/h17-19,21-25H,6-16H2,1-5H3,(H,30,31)/t18?,19-,21?,22+,23-,24+,25+,27+,28-/m1/s1. The van der Waals surface area contributed by atoms with E-state index in [0.717, 1.165) is 55.8 Å². The number of hydrogen-bond acceptors (Lipinski definition) is 2. The maximum atomic E-state index is 12.1. The molecule has 1 N–H and O–H groups in total. The quantitative estimate of drug-likeness (QED) is 0.494. The first-order chi connectivity index (χ1) is 14.6. The number of carboxylic acid groups (broad SMARTS) is 1. The van der Waals surface area contributed by atoms with E-state index < -0.39 is 5.97 Å². The van der Waals surface area contributed by atoms with Crippen LogP contribution in [0.2, 0.25) is 0 Å². The van der Waals surface area contributed by atoms with E-state index in [1.807, 2.05) is 13.8 Å². The zero-order chi connectivity index (χ0) is 22.6. The van der Waals surface area contributed by atoms with Gasteiger partial charge in [0.15, 0.2) is 0 Å². The van der Waals surface area contributed by atoms with Gasteiger partial charge in [-0.15, -0.1) is 0 Å². The Morgan fingerprint density at radius 2 is 1.68 bits per heavy atom. The molecule has 4 fully saturated rings. The van der Waals surface area contributed by atoms with E-state index in [9.17, 15) is 14.7 Å². The fraction of sp³-hybridized carbons (Fsp3) is 0.929. The largest absolute Gasteiger partial charge is 0.481 e. The van der Waals surface area contributed by atoms with Crippen LogP contribution in [-0.4, -0.2) is 16.9 Å². The average Bonchev–Trinajstić information content (AvgIpc) is 3.05. The van der Waals surface area contributed by atoms with Crippen LogP contribution in [-0.2, 0) is 9.59 Å². The summed E-state index contributed by atoms with van der Waals surface area (Å²) in [4.78, 5) is 23.8. The van der Waals surface area contributed by atoms with Gasteiger partial charge < -0.3 is 5.11 Å². The molecule has 176 valence electrons. The highest BCUT2D eigenvalue weighted by atomic mass is 16.4. The molecule has 0 aliphatic heterocycles. The van der Waals surface area contributed by atoms with Crippen LogP contribution in [0.1, 0.15) is 105 Å². The van der Waals surface area contributed by atoms with Crippen molar-refractivity contribution in [2.24, 2.45) is 58.2 Å².